The average Bonchev–Trinajstić information content (AvgIpc) is 3.41. The van der Waals surface area contributed by atoms with E-state index in [-0.39, 0.29) is 22.0 Å². The van der Waals surface area contributed by atoms with E-state index in [4.69, 9.17) is 16.4 Å². The number of rotatable bonds is 6. The van der Waals surface area contributed by atoms with E-state index in [0.717, 1.165) is 16.4 Å². The Morgan fingerprint density at radius 1 is 1.31 bits per heavy atom. The second kappa shape index (κ2) is 8.50. The second-order valence-electron chi connectivity index (χ2n) is 6.11. The maximum Gasteiger partial charge on any atom is 0.275 e. The van der Waals surface area contributed by atoms with Gasteiger partial charge < -0.3 is 0 Å². The van der Waals surface area contributed by atoms with Crippen LogP contribution in [-0.4, -0.2) is 12.5 Å². The smallest absolute Gasteiger partial charge is 0.273 e. The standard InChI is InChI=1S/C18H14BrClF2INO2/c19-14-7-13(18(25)24-26-8-9-1-2-9)12(16(21)17(14)22)5-10-3-4-11(23)6-15(10)20/h3-4,6-7,9H,1-2,5,8H2,(H,24,25). The molecule has 0 spiro atoms. The molecule has 1 aliphatic carbocycles. The van der Waals surface area contributed by atoms with Gasteiger partial charge in [0.25, 0.3) is 5.91 Å². The van der Waals surface area contributed by atoms with Crippen molar-refractivity contribution in [1.82, 2.24) is 5.48 Å². The largest absolute Gasteiger partial charge is 0.275 e. The molecule has 1 aliphatic rings. The topological polar surface area (TPSA) is 38.3 Å². The predicted octanol–water partition coefficient (Wildman–Crippen LogP) is 5.65. The Bertz CT molecular complexity index is 862. The van der Waals surface area contributed by atoms with Gasteiger partial charge in [-0.15, -0.1) is 0 Å². The number of carbonyl (C=O) groups excluding carboxylic acids is 1. The summed E-state index contributed by atoms with van der Waals surface area (Å²) < 4.78 is 29.4. The molecule has 0 aliphatic heterocycles. The Labute approximate surface area is 176 Å². The van der Waals surface area contributed by atoms with Gasteiger partial charge in [0.1, 0.15) is 0 Å². The summed E-state index contributed by atoms with van der Waals surface area (Å²) >= 11 is 11.3. The Morgan fingerprint density at radius 3 is 2.69 bits per heavy atom. The third-order valence-corrected chi connectivity index (χ3v) is 5.67. The maximum atomic E-state index is 14.6. The molecule has 0 atom stereocenters. The number of hydrogen-bond acceptors (Lipinski definition) is 2. The summed E-state index contributed by atoms with van der Waals surface area (Å²) in [6.45, 7) is 0.412. The van der Waals surface area contributed by atoms with Crippen molar-refractivity contribution in [1.29, 1.82) is 0 Å². The molecule has 2 aromatic carbocycles. The third-order valence-electron chi connectivity index (χ3n) is 4.07. The van der Waals surface area contributed by atoms with Gasteiger partial charge in [-0.25, -0.2) is 14.3 Å². The highest BCUT2D eigenvalue weighted by Gasteiger charge is 2.24. The van der Waals surface area contributed by atoms with Crippen LogP contribution in [0.3, 0.4) is 0 Å². The van der Waals surface area contributed by atoms with E-state index in [1.807, 2.05) is 6.07 Å². The Balaban J connectivity index is 1.90. The zero-order valence-corrected chi connectivity index (χ0v) is 17.9. The van der Waals surface area contributed by atoms with Crippen LogP contribution in [-0.2, 0) is 11.3 Å². The first-order valence-electron chi connectivity index (χ1n) is 7.89. The monoisotopic (exact) mass is 555 g/mol. The van der Waals surface area contributed by atoms with Crippen LogP contribution in [0.4, 0.5) is 8.78 Å². The highest BCUT2D eigenvalue weighted by molar-refractivity contribution is 14.1. The zero-order valence-electron chi connectivity index (χ0n) is 13.4. The van der Waals surface area contributed by atoms with Crippen molar-refractivity contribution in [3.63, 3.8) is 0 Å². The lowest BCUT2D eigenvalue weighted by Gasteiger charge is -2.14. The molecular formula is C18H14BrClF2INO2. The molecule has 138 valence electrons. The van der Waals surface area contributed by atoms with Gasteiger partial charge in [0.2, 0.25) is 0 Å². The first kappa shape index (κ1) is 20.0. The van der Waals surface area contributed by atoms with E-state index in [1.54, 1.807) is 12.1 Å². The molecule has 26 heavy (non-hydrogen) atoms. The minimum Gasteiger partial charge on any atom is -0.273 e. The van der Waals surface area contributed by atoms with Gasteiger partial charge in [0.05, 0.1) is 11.1 Å². The molecule has 0 aromatic heterocycles. The highest BCUT2D eigenvalue weighted by Crippen LogP contribution is 2.30. The normalized spacial score (nSPS) is 13.7. The molecule has 1 saturated carbocycles. The molecule has 1 fully saturated rings. The SMILES string of the molecule is O=C(NOCC1CC1)c1cc(Br)c(F)c(F)c1Cc1ccc(I)cc1Cl. The molecule has 2 aromatic rings. The number of benzene rings is 2. The zero-order chi connectivity index (χ0) is 18.8. The number of carbonyl (C=O) groups is 1. The molecule has 3 rings (SSSR count). The van der Waals surface area contributed by atoms with Crippen molar-refractivity contribution < 1.29 is 18.4 Å². The minimum atomic E-state index is -1.08. The van der Waals surface area contributed by atoms with E-state index >= 15 is 0 Å². The molecule has 0 unspecified atom stereocenters. The van der Waals surface area contributed by atoms with Gasteiger partial charge in [-0.1, -0.05) is 17.7 Å². The maximum absolute atomic E-state index is 14.6. The summed E-state index contributed by atoms with van der Waals surface area (Å²) in [5.74, 6) is -2.29. The van der Waals surface area contributed by atoms with Crippen LogP contribution in [0.2, 0.25) is 5.02 Å². The molecular weight excluding hydrogens is 542 g/mol. The lowest BCUT2D eigenvalue weighted by molar-refractivity contribution is 0.0269. The summed E-state index contributed by atoms with van der Waals surface area (Å²) in [6.07, 6.45) is 2.13. The highest BCUT2D eigenvalue weighted by atomic mass is 127. The van der Waals surface area contributed by atoms with Gasteiger partial charge in [-0.05, 0) is 81.0 Å². The fraction of sp³-hybridized carbons (Fsp3) is 0.278. The molecule has 8 heteroatoms. The first-order chi connectivity index (χ1) is 12.4. The van der Waals surface area contributed by atoms with Crippen molar-refractivity contribution in [3.05, 3.63) is 65.7 Å². The second-order valence-corrected chi connectivity index (χ2v) is 8.62. The van der Waals surface area contributed by atoms with Gasteiger partial charge in [0.15, 0.2) is 11.6 Å². The number of hydrogen-bond donors (Lipinski definition) is 1. The quantitative estimate of drug-likeness (QED) is 0.284. The van der Waals surface area contributed by atoms with Crippen LogP contribution < -0.4 is 5.48 Å². The Morgan fingerprint density at radius 2 is 2.04 bits per heavy atom. The lowest BCUT2D eigenvalue weighted by Crippen LogP contribution is -2.26. The van der Waals surface area contributed by atoms with E-state index < -0.39 is 17.5 Å². The van der Waals surface area contributed by atoms with Gasteiger partial charge in [0, 0.05) is 26.1 Å². The molecule has 0 radical (unpaired) electrons. The van der Waals surface area contributed by atoms with Crippen molar-refractivity contribution in [3.8, 4) is 0 Å². The first-order valence-corrected chi connectivity index (χ1v) is 10.1. The van der Waals surface area contributed by atoms with Crippen LogP contribution in [0.5, 0.6) is 0 Å². The van der Waals surface area contributed by atoms with E-state index in [0.29, 0.717) is 23.1 Å². The van der Waals surface area contributed by atoms with Gasteiger partial charge >= 0.3 is 0 Å². The Hall–Kier alpha value is -0.770. The number of amides is 1. The van der Waals surface area contributed by atoms with Gasteiger partial charge in [-0.3, -0.25) is 9.63 Å². The number of nitrogens with one attached hydrogen (secondary N) is 1. The number of halogens is 5. The van der Waals surface area contributed by atoms with Crippen molar-refractivity contribution >= 4 is 56.0 Å². The van der Waals surface area contributed by atoms with Crippen LogP contribution in [0.25, 0.3) is 0 Å². The van der Waals surface area contributed by atoms with Crippen LogP contribution in [0.1, 0.15) is 34.3 Å². The summed E-state index contributed by atoms with van der Waals surface area (Å²) in [5, 5.41) is 0.427. The molecule has 0 saturated heterocycles. The van der Waals surface area contributed by atoms with Crippen LogP contribution in [0, 0.1) is 21.1 Å². The summed E-state index contributed by atoms with van der Waals surface area (Å²) in [7, 11) is 0. The van der Waals surface area contributed by atoms with Gasteiger partial charge in [-0.2, -0.15) is 0 Å². The molecule has 0 heterocycles. The lowest BCUT2D eigenvalue weighted by atomic mass is 9.98. The fourth-order valence-electron chi connectivity index (χ4n) is 2.43. The van der Waals surface area contributed by atoms with Crippen molar-refractivity contribution in [2.75, 3.05) is 6.61 Å². The molecule has 1 N–H and O–H groups in total. The van der Waals surface area contributed by atoms with Crippen LogP contribution in [0.15, 0.2) is 28.7 Å². The van der Waals surface area contributed by atoms with E-state index in [9.17, 15) is 13.6 Å². The molecule has 0 bridgehead atoms. The van der Waals surface area contributed by atoms with E-state index in [2.05, 4.69) is 44.0 Å². The van der Waals surface area contributed by atoms with E-state index in [1.165, 1.54) is 6.07 Å². The summed E-state index contributed by atoms with van der Waals surface area (Å²) in [5.41, 5.74) is 2.84. The third kappa shape index (κ3) is 4.74. The Kier molecular flexibility index (Phi) is 6.53. The summed E-state index contributed by atoms with van der Waals surface area (Å²) in [4.78, 5) is 17.6. The summed E-state index contributed by atoms with van der Waals surface area (Å²) in [6, 6.07) is 6.52. The molecule has 1 amide bonds. The average molecular weight is 557 g/mol. The van der Waals surface area contributed by atoms with Crippen molar-refractivity contribution in [2.24, 2.45) is 5.92 Å². The fourth-order valence-corrected chi connectivity index (χ4v) is 3.75. The number of hydroxylamine groups is 1. The van der Waals surface area contributed by atoms with Crippen LogP contribution >= 0.6 is 50.1 Å². The molecule has 3 nitrogen and oxygen atoms in total. The minimum absolute atomic E-state index is 0.00110. The predicted molar refractivity (Wildman–Crippen MR) is 107 cm³/mol. The van der Waals surface area contributed by atoms with Crippen molar-refractivity contribution in [2.45, 2.75) is 19.3 Å².